The highest BCUT2D eigenvalue weighted by atomic mass is 19.4. The summed E-state index contributed by atoms with van der Waals surface area (Å²) in [6.45, 7) is 5.88. The Labute approximate surface area is 231 Å². The van der Waals surface area contributed by atoms with E-state index in [0.717, 1.165) is 18.9 Å². The molecule has 1 aromatic heterocycles. The summed E-state index contributed by atoms with van der Waals surface area (Å²) in [4.78, 5) is 50.9. The quantitative estimate of drug-likeness (QED) is 0.119. The van der Waals surface area contributed by atoms with Crippen molar-refractivity contribution < 1.29 is 37.1 Å². The smallest absolute Gasteiger partial charge is 0.417 e. The van der Waals surface area contributed by atoms with Gasteiger partial charge >= 0.3 is 12.1 Å². The molecule has 2 atom stereocenters. The zero-order valence-electron chi connectivity index (χ0n) is 22.9. The van der Waals surface area contributed by atoms with Gasteiger partial charge in [-0.2, -0.15) is 13.2 Å². The molecule has 0 bridgehead atoms. The largest absolute Gasteiger partial charge is 0.463 e. The lowest BCUT2D eigenvalue weighted by Gasteiger charge is -2.20. The minimum absolute atomic E-state index is 0.0748. The molecule has 218 valence electrons. The first-order chi connectivity index (χ1) is 18.9. The van der Waals surface area contributed by atoms with Crippen molar-refractivity contribution in [3.8, 4) is 11.3 Å². The van der Waals surface area contributed by atoms with Crippen molar-refractivity contribution in [2.24, 2.45) is 5.92 Å². The van der Waals surface area contributed by atoms with Crippen molar-refractivity contribution >= 4 is 23.6 Å². The fraction of sp³-hybridized carbons (Fsp3) is 0.448. The van der Waals surface area contributed by atoms with E-state index in [1.54, 1.807) is 13.0 Å². The van der Waals surface area contributed by atoms with Gasteiger partial charge in [-0.3, -0.25) is 14.4 Å². The first kappa shape index (κ1) is 32.3. The number of carbonyl (C=O) groups is 4. The first-order valence-corrected chi connectivity index (χ1v) is 13.2. The van der Waals surface area contributed by atoms with Gasteiger partial charge in [-0.1, -0.05) is 31.2 Å². The molecular weight excluding hydrogens is 527 g/mol. The third kappa shape index (κ3) is 11.1. The highest BCUT2D eigenvalue weighted by Crippen LogP contribution is 2.36. The molecule has 40 heavy (non-hydrogen) atoms. The molecular formula is C29H36F3N3O5. The van der Waals surface area contributed by atoms with Crippen LogP contribution in [-0.4, -0.2) is 47.7 Å². The summed E-state index contributed by atoms with van der Waals surface area (Å²) < 4.78 is 45.0. The van der Waals surface area contributed by atoms with Crippen molar-refractivity contribution in [3.05, 3.63) is 59.8 Å². The van der Waals surface area contributed by atoms with Crippen molar-refractivity contribution in [2.45, 2.75) is 65.1 Å². The minimum atomic E-state index is -4.55. The average Bonchev–Trinajstić information content (AvgIpc) is 3.38. The Morgan fingerprint density at radius 2 is 1.80 bits per heavy atom. The van der Waals surface area contributed by atoms with E-state index < -0.39 is 35.4 Å². The monoisotopic (exact) mass is 563 g/mol. The molecule has 2 rings (SSSR count). The number of rotatable bonds is 15. The van der Waals surface area contributed by atoms with Crippen molar-refractivity contribution in [3.63, 3.8) is 0 Å². The van der Waals surface area contributed by atoms with Crippen molar-refractivity contribution in [1.82, 2.24) is 15.6 Å². The van der Waals surface area contributed by atoms with Gasteiger partial charge in [-0.15, -0.1) is 0 Å². The van der Waals surface area contributed by atoms with Gasteiger partial charge in [0.2, 0.25) is 11.8 Å². The SMILES string of the molecule is CCOC(=O)/C=C/C(CC(C)CCCNC(C)=O)NC(=O)CCC(=O)c1ccc(-c2ccccc2C(F)(F)F)[nH]1. The molecule has 8 nitrogen and oxygen atoms in total. The van der Waals surface area contributed by atoms with Crippen LogP contribution in [0.2, 0.25) is 0 Å². The van der Waals surface area contributed by atoms with Crippen LogP contribution >= 0.6 is 0 Å². The van der Waals surface area contributed by atoms with E-state index in [1.165, 1.54) is 43.3 Å². The van der Waals surface area contributed by atoms with Crippen molar-refractivity contribution in [1.29, 1.82) is 0 Å². The van der Waals surface area contributed by atoms with Gasteiger partial charge in [0, 0.05) is 49.7 Å². The van der Waals surface area contributed by atoms with Gasteiger partial charge in [-0.25, -0.2) is 4.79 Å². The third-order valence-corrected chi connectivity index (χ3v) is 6.09. The number of carbonyl (C=O) groups excluding carboxylic acids is 4. The molecule has 3 N–H and O–H groups in total. The maximum absolute atomic E-state index is 13.4. The van der Waals surface area contributed by atoms with E-state index in [0.29, 0.717) is 13.0 Å². The Kier molecular flexibility index (Phi) is 12.6. The lowest BCUT2D eigenvalue weighted by Crippen LogP contribution is -2.35. The van der Waals surface area contributed by atoms with Crippen LogP contribution in [0.4, 0.5) is 13.2 Å². The number of Topliss-reactive ketones (excluding diaryl/α,β-unsaturated/α-hetero) is 1. The third-order valence-electron chi connectivity index (χ3n) is 6.09. The molecule has 0 saturated carbocycles. The van der Waals surface area contributed by atoms with Crippen LogP contribution < -0.4 is 10.6 Å². The van der Waals surface area contributed by atoms with E-state index in [9.17, 15) is 32.3 Å². The lowest BCUT2D eigenvalue weighted by atomic mass is 9.96. The number of amides is 2. The fourth-order valence-electron chi connectivity index (χ4n) is 4.16. The molecule has 0 aliphatic heterocycles. The van der Waals surface area contributed by atoms with E-state index in [2.05, 4.69) is 15.6 Å². The average molecular weight is 564 g/mol. The Morgan fingerprint density at radius 3 is 2.48 bits per heavy atom. The van der Waals surface area contributed by atoms with Crippen molar-refractivity contribution in [2.75, 3.05) is 13.2 Å². The lowest BCUT2D eigenvalue weighted by molar-refractivity contribution is -0.138. The van der Waals surface area contributed by atoms with Gasteiger partial charge in [0.05, 0.1) is 17.9 Å². The summed E-state index contributed by atoms with van der Waals surface area (Å²) in [5, 5.41) is 5.56. The van der Waals surface area contributed by atoms with Crippen LogP contribution in [-0.2, 0) is 25.3 Å². The summed E-state index contributed by atoms with van der Waals surface area (Å²) in [6, 6.07) is 7.38. The Hall–Kier alpha value is -3.89. The molecule has 2 amide bonds. The summed E-state index contributed by atoms with van der Waals surface area (Å²) in [5.41, 5.74) is -0.639. The van der Waals surface area contributed by atoms with Crippen LogP contribution in [0.1, 0.15) is 68.9 Å². The highest BCUT2D eigenvalue weighted by molar-refractivity contribution is 5.97. The van der Waals surface area contributed by atoms with E-state index in [4.69, 9.17) is 4.74 Å². The number of esters is 1. The normalized spacial score (nSPS) is 13.1. The number of aromatic amines is 1. The van der Waals surface area contributed by atoms with E-state index in [1.807, 2.05) is 6.92 Å². The predicted molar refractivity (Wildman–Crippen MR) is 144 cm³/mol. The number of alkyl halides is 3. The molecule has 0 aliphatic carbocycles. The zero-order chi connectivity index (χ0) is 29.7. The van der Waals surface area contributed by atoms with Gasteiger partial charge in [0.25, 0.3) is 0 Å². The standard InChI is InChI=1S/C29H36F3N3O5/c1-4-40-28(39)16-11-21(18-19(2)8-7-17-33-20(3)36)34-27(38)15-14-26(37)25-13-12-24(35-25)22-9-5-6-10-23(22)29(30,31)32/h5-6,9-13,16,19,21,35H,4,7-8,14-15,17-18H2,1-3H3,(H,33,36)(H,34,38)/b16-11+. The second-order valence-corrected chi connectivity index (χ2v) is 9.50. The van der Waals surface area contributed by atoms with Crippen LogP contribution in [0.25, 0.3) is 11.3 Å². The number of H-pyrrole nitrogens is 1. The topological polar surface area (TPSA) is 117 Å². The minimum Gasteiger partial charge on any atom is -0.463 e. The molecule has 2 unspecified atom stereocenters. The summed E-state index contributed by atoms with van der Waals surface area (Å²) in [7, 11) is 0. The van der Waals surface area contributed by atoms with Crippen LogP contribution in [0.3, 0.4) is 0 Å². The summed E-state index contributed by atoms with van der Waals surface area (Å²) in [5.74, 6) is -1.32. The molecule has 0 saturated heterocycles. The van der Waals surface area contributed by atoms with Gasteiger partial charge in [0.15, 0.2) is 5.78 Å². The number of benzene rings is 1. The molecule has 2 aromatic rings. The zero-order valence-corrected chi connectivity index (χ0v) is 22.9. The Morgan fingerprint density at radius 1 is 1.07 bits per heavy atom. The second kappa shape index (κ2) is 15.6. The van der Waals surface area contributed by atoms with Crippen LogP contribution in [0, 0.1) is 5.92 Å². The highest BCUT2D eigenvalue weighted by Gasteiger charge is 2.33. The predicted octanol–water partition coefficient (Wildman–Crippen LogP) is 5.21. The number of ether oxygens (including phenoxy) is 1. The number of nitrogens with one attached hydrogen (secondary N) is 3. The number of hydrogen-bond donors (Lipinski definition) is 3. The summed E-state index contributed by atoms with van der Waals surface area (Å²) in [6.07, 6.45) is 0.00798. The molecule has 1 aromatic carbocycles. The second-order valence-electron chi connectivity index (χ2n) is 9.50. The number of hydrogen-bond acceptors (Lipinski definition) is 5. The van der Waals surface area contributed by atoms with Crippen LogP contribution in [0.15, 0.2) is 48.6 Å². The maximum Gasteiger partial charge on any atom is 0.417 e. The molecule has 0 fully saturated rings. The number of ketones is 1. The Balaban J connectivity index is 1.98. The number of halogens is 3. The first-order valence-electron chi connectivity index (χ1n) is 13.2. The number of aromatic nitrogens is 1. The van der Waals surface area contributed by atoms with E-state index >= 15 is 0 Å². The molecule has 1 heterocycles. The Bertz CT molecular complexity index is 1190. The molecule has 0 spiro atoms. The van der Waals surface area contributed by atoms with Gasteiger partial charge in [-0.05, 0) is 50.3 Å². The van der Waals surface area contributed by atoms with Gasteiger partial charge < -0.3 is 20.4 Å². The molecule has 11 heteroatoms. The maximum atomic E-state index is 13.4. The molecule has 0 radical (unpaired) electrons. The van der Waals surface area contributed by atoms with Crippen LogP contribution in [0.5, 0.6) is 0 Å². The molecule has 0 aliphatic rings. The van der Waals surface area contributed by atoms with E-state index in [-0.39, 0.29) is 48.2 Å². The summed E-state index contributed by atoms with van der Waals surface area (Å²) >= 11 is 0. The fourth-order valence-corrected chi connectivity index (χ4v) is 4.16. The van der Waals surface area contributed by atoms with Gasteiger partial charge in [0.1, 0.15) is 0 Å².